The van der Waals surface area contributed by atoms with E-state index in [1.54, 1.807) is 18.2 Å². The largest absolute Gasteiger partial charge is 0.493 e. The van der Waals surface area contributed by atoms with Crippen LogP contribution < -0.4 is 15.2 Å². The molecule has 2 rings (SSSR count). The summed E-state index contributed by atoms with van der Waals surface area (Å²) in [5.74, 6) is 0.0244. The number of hydrogen-bond acceptors (Lipinski definition) is 6. The number of nitrogens with two attached hydrogens (primary N) is 1. The van der Waals surface area contributed by atoms with Gasteiger partial charge in [0.25, 0.3) is 0 Å². The molecular weight excluding hydrogens is 298 g/mol. The minimum Gasteiger partial charge on any atom is -0.493 e. The van der Waals surface area contributed by atoms with Crippen LogP contribution in [0.2, 0.25) is 0 Å². The molecule has 0 amide bonds. The van der Waals surface area contributed by atoms with E-state index in [4.69, 9.17) is 20.3 Å². The number of ether oxygens (including phenoxy) is 2. The van der Waals surface area contributed by atoms with Gasteiger partial charge in [-0.05, 0) is 24.7 Å². The standard InChI is InChI=1S/C16H25N3O4/c1-18-5-7-19(8-6-18)9-10-23-13-4-3-12(11-14(13)22-2)15(17)16(20)21/h3-4,11,15H,5-10,17H2,1-2H3,(H,20,21)/t15-/m0/s1. The van der Waals surface area contributed by atoms with Crippen LogP contribution in [0.15, 0.2) is 18.2 Å². The lowest BCUT2D eigenvalue weighted by Crippen LogP contribution is -2.45. The molecule has 7 nitrogen and oxygen atoms in total. The van der Waals surface area contributed by atoms with Crippen LogP contribution in [0.25, 0.3) is 0 Å². The summed E-state index contributed by atoms with van der Waals surface area (Å²) in [5.41, 5.74) is 6.10. The van der Waals surface area contributed by atoms with Gasteiger partial charge in [-0.1, -0.05) is 6.07 Å². The third kappa shape index (κ3) is 4.82. The van der Waals surface area contributed by atoms with Crippen molar-refractivity contribution in [3.63, 3.8) is 0 Å². The average molecular weight is 323 g/mol. The zero-order chi connectivity index (χ0) is 16.8. The monoisotopic (exact) mass is 323 g/mol. The maximum atomic E-state index is 10.9. The molecule has 1 aromatic carbocycles. The first-order valence-corrected chi connectivity index (χ1v) is 7.71. The van der Waals surface area contributed by atoms with Crippen LogP contribution in [0.1, 0.15) is 11.6 Å². The van der Waals surface area contributed by atoms with Gasteiger partial charge in [0.1, 0.15) is 12.6 Å². The van der Waals surface area contributed by atoms with E-state index in [0.717, 1.165) is 32.7 Å². The highest BCUT2D eigenvalue weighted by Gasteiger charge is 2.17. The van der Waals surface area contributed by atoms with E-state index >= 15 is 0 Å². The van der Waals surface area contributed by atoms with Gasteiger partial charge in [-0.15, -0.1) is 0 Å². The van der Waals surface area contributed by atoms with Gasteiger partial charge < -0.3 is 25.2 Å². The molecule has 1 atom stereocenters. The maximum absolute atomic E-state index is 10.9. The summed E-state index contributed by atoms with van der Waals surface area (Å²) in [7, 11) is 3.65. The van der Waals surface area contributed by atoms with Gasteiger partial charge in [0.15, 0.2) is 11.5 Å². The summed E-state index contributed by atoms with van der Waals surface area (Å²) in [4.78, 5) is 15.6. The summed E-state index contributed by atoms with van der Waals surface area (Å²) in [6.07, 6.45) is 0. The second-order valence-electron chi connectivity index (χ2n) is 5.72. The first-order chi connectivity index (χ1) is 11.0. The van der Waals surface area contributed by atoms with Gasteiger partial charge in [0.2, 0.25) is 0 Å². The smallest absolute Gasteiger partial charge is 0.325 e. The Morgan fingerprint density at radius 3 is 2.61 bits per heavy atom. The Morgan fingerprint density at radius 2 is 2.00 bits per heavy atom. The predicted octanol–water partition coefficient (Wildman–Crippen LogP) is 0.406. The van der Waals surface area contributed by atoms with Crippen LogP contribution in [-0.4, -0.2) is 74.4 Å². The van der Waals surface area contributed by atoms with Crippen molar-refractivity contribution in [2.75, 3.05) is 53.5 Å². The van der Waals surface area contributed by atoms with Gasteiger partial charge in [0.05, 0.1) is 7.11 Å². The summed E-state index contributed by atoms with van der Waals surface area (Å²) < 4.78 is 11.1. The molecule has 1 saturated heterocycles. The molecule has 1 aromatic rings. The lowest BCUT2D eigenvalue weighted by molar-refractivity contribution is -0.138. The molecule has 128 valence electrons. The van der Waals surface area contributed by atoms with E-state index in [1.807, 2.05) is 0 Å². The third-order valence-corrected chi connectivity index (χ3v) is 4.07. The van der Waals surface area contributed by atoms with E-state index in [2.05, 4.69) is 16.8 Å². The molecule has 7 heteroatoms. The first-order valence-electron chi connectivity index (χ1n) is 7.71. The molecule has 23 heavy (non-hydrogen) atoms. The molecule has 1 aliphatic heterocycles. The fourth-order valence-electron chi connectivity index (χ4n) is 2.50. The Bertz CT molecular complexity index is 530. The summed E-state index contributed by atoms with van der Waals surface area (Å²) in [6.45, 7) is 5.65. The normalized spacial score (nSPS) is 17.7. The summed E-state index contributed by atoms with van der Waals surface area (Å²) in [5, 5.41) is 8.97. The van der Waals surface area contributed by atoms with Gasteiger partial charge in [-0.2, -0.15) is 0 Å². The lowest BCUT2D eigenvalue weighted by atomic mass is 10.1. The number of carboxylic acids is 1. The molecule has 0 radical (unpaired) electrons. The number of benzene rings is 1. The Labute approximate surface area is 136 Å². The molecule has 0 spiro atoms. The van der Waals surface area contributed by atoms with Crippen molar-refractivity contribution < 1.29 is 19.4 Å². The number of piperazine rings is 1. The SMILES string of the molecule is COc1cc([C@H](N)C(=O)O)ccc1OCCN1CCN(C)CC1. The van der Waals surface area contributed by atoms with Crippen LogP contribution in [0.4, 0.5) is 0 Å². The highest BCUT2D eigenvalue weighted by Crippen LogP contribution is 2.30. The van der Waals surface area contributed by atoms with Crippen molar-refractivity contribution in [1.29, 1.82) is 0 Å². The zero-order valence-electron chi connectivity index (χ0n) is 13.7. The molecule has 0 aromatic heterocycles. The highest BCUT2D eigenvalue weighted by atomic mass is 16.5. The Balaban J connectivity index is 1.90. The van der Waals surface area contributed by atoms with Crippen LogP contribution in [0.3, 0.4) is 0 Å². The molecule has 1 heterocycles. The molecule has 0 aliphatic carbocycles. The fourth-order valence-corrected chi connectivity index (χ4v) is 2.50. The van der Waals surface area contributed by atoms with E-state index < -0.39 is 12.0 Å². The van der Waals surface area contributed by atoms with E-state index in [9.17, 15) is 4.79 Å². The van der Waals surface area contributed by atoms with Crippen molar-refractivity contribution in [2.45, 2.75) is 6.04 Å². The Morgan fingerprint density at radius 1 is 1.30 bits per heavy atom. The van der Waals surface area contributed by atoms with Crippen molar-refractivity contribution in [2.24, 2.45) is 5.73 Å². The number of rotatable bonds is 7. The molecular formula is C16H25N3O4. The second kappa shape index (κ2) is 8.14. The first kappa shape index (κ1) is 17.5. The fraction of sp³-hybridized carbons (Fsp3) is 0.562. The molecule has 1 fully saturated rings. The van der Waals surface area contributed by atoms with Crippen molar-refractivity contribution in [3.8, 4) is 11.5 Å². The Kier molecular flexibility index (Phi) is 6.20. The number of methoxy groups -OCH3 is 1. The Hall–Kier alpha value is -1.83. The van der Waals surface area contributed by atoms with Gasteiger partial charge >= 0.3 is 5.97 Å². The molecule has 3 N–H and O–H groups in total. The number of aliphatic carboxylic acids is 1. The van der Waals surface area contributed by atoms with Crippen LogP contribution in [0, 0.1) is 0 Å². The minimum atomic E-state index is -1.07. The predicted molar refractivity (Wildman–Crippen MR) is 87.0 cm³/mol. The highest BCUT2D eigenvalue weighted by molar-refractivity contribution is 5.75. The summed E-state index contributed by atoms with van der Waals surface area (Å²) in [6, 6.07) is 3.92. The van der Waals surface area contributed by atoms with Gasteiger partial charge in [0, 0.05) is 32.7 Å². The number of carboxylic acid groups (broad SMARTS) is 1. The molecule has 1 aliphatic rings. The van der Waals surface area contributed by atoms with E-state index in [-0.39, 0.29) is 0 Å². The van der Waals surface area contributed by atoms with E-state index in [1.165, 1.54) is 7.11 Å². The van der Waals surface area contributed by atoms with Gasteiger partial charge in [-0.3, -0.25) is 9.69 Å². The molecule has 0 unspecified atom stereocenters. The van der Waals surface area contributed by atoms with Crippen LogP contribution >= 0.6 is 0 Å². The minimum absolute atomic E-state index is 0.487. The lowest BCUT2D eigenvalue weighted by Gasteiger charge is -2.32. The van der Waals surface area contributed by atoms with Crippen LogP contribution in [-0.2, 0) is 4.79 Å². The average Bonchev–Trinajstić information content (AvgIpc) is 2.56. The molecule has 0 bridgehead atoms. The second-order valence-corrected chi connectivity index (χ2v) is 5.72. The van der Waals surface area contributed by atoms with Crippen LogP contribution in [0.5, 0.6) is 11.5 Å². The van der Waals surface area contributed by atoms with Crippen molar-refractivity contribution in [3.05, 3.63) is 23.8 Å². The van der Waals surface area contributed by atoms with Gasteiger partial charge in [-0.25, -0.2) is 0 Å². The number of nitrogens with zero attached hydrogens (tertiary/aromatic N) is 2. The summed E-state index contributed by atoms with van der Waals surface area (Å²) >= 11 is 0. The number of hydrogen-bond donors (Lipinski definition) is 2. The van der Waals surface area contributed by atoms with Crippen molar-refractivity contribution >= 4 is 5.97 Å². The quantitative estimate of drug-likeness (QED) is 0.751. The number of likely N-dealkylation sites (N-methyl/N-ethyl adjacent to an activating group) is 1. The topological polar surface area (TPSA) is 88.3 Å². The molecule has 0 saturated carbocycles. The number of carbonyl (C=O) groups is 1. The third-order valence-electron chi connectivity index (χ3n) is 4.07. The maximum Gasteiger partial charge on any atom is 0.325 e. The zero-order valence-corrected chi connectivity index (χ0v) is 13.7. The van der Waals surface area contributed by atoms with E-state index in [0.29, 0.717) is 23.7 Å². The van der Waals surface area contributed by atoms with Crippen molar-refractivity contribution in [1.82, 2.24) is 9.80 Å².